The highest BCUT2D eigenvalue weighted by Crippen LogP contribution is 2.45. The standard InChI is InChI=1S/C19H31N5O2/c1-18(2)8-12(9-19(3,4)11-18)21-17(26)24-7-6-14-13(10-24)15(23-22-14)16(25)20-5/h12H,6-11H2,1-5H3,(H,20,25)(H,21,26)(H,22,23). The van der Waals surface area contributed by atoms with Gasteiger partial charge in [0.05, 0.1) is 6.54 Å². The number of aromatic nitrogens is 2. The Hall–Kier alpha value is -2.05. The summed E-state index contributed by atoms with van der Waals surface area (Å²) in [4.78, 5) is 26.6. The van der Waals surface area contributed by atoms with E-state index in [2.05, 4.69) is 48.5 Å². The molecule has 1 aromatic heterocycles. The van der Waals surface area contributed by atoms with Crippen molar-refractivity contribution in [2.45, 2.75) is 66.0 Å². The van der Waals surface area contributed by atoms with Crippen molar-refractivity contribution in [1.29, 1.82) is 0 Å². The summed E-state index contributed by atoms with van der Waals surface area (Å²) < 4.78 is 0. The number of nitrogens with one attached hydrogen (secondary N) is 3. The average Bonchev–Trinajstić information content (AvgIpc) is 2.94. The Bertz CT molecular complexity index is 691. The zero-order chi connectivity index (χ0) is 19.1. The second kappa shape index (κ2) is 6.59. The van der Waals surface area contributed by atoms with Crippen LogP contribution in [0.2, 0.25) is 0 Å². The van der Waals surface area contributed by atoms with E-state index in [1.54, 1.807) is 11.9 Å². The van der Waals surface area contributed by atoms with E-state index in [-0.39, 0.29) is 28.8 Å². The molecule has 3 rings (SSSR count). The van der Waals surface area contributed by atoms with Gasteiger partial charge in [0, 0.05) is 37.3 Å². The molecule has 1 saturated carbocycles. The molecule has 0 saturated heterocycles. The number of hydrogen-bond donors (Lipinski definition) is 3. The van der Waals surface area contributed by atoms with Gasteiger partial charge in [-0.25, -0.2) is 4.79 Å². The molecule has 26 heavy (non-hydrogen) atoms. The summed E-state index contributed by atoms with van der Waals surface area (Å²) in [6.07, 6.45) is 3.85. The fraction of sp³-hybridized carbons (Fsp3) is 0.737. The molecule has 144 valence electrons. The number of aromatic amines is 1. The van der Waals surface area contributed by atoms with Crippen LogP contribution in [0.15, 0.2) is 0 Å². The molecule has 1 aromatic rings. The summed E-state index contributed by atoms with van der Waals surface area (Å²) in [5.41, 5.74) is 2.62. The first-order chi connectivity index (χ1) is 12.1. The van der Waals surface area contributed by atoms with Crippen molar-refractivity contribution in [3.63, 3.8) is 0 Å². The lowest BCUT2D eigenvalue weighted by Gasteiger charge is -2.45. The van der Waals surface area contributed by atoms with E-state index in [0.29, 0.717) is 25.2 Å². The van der Waals surface area contributed by atoms with Crippen molar-refractivity contribution >= 4 is 11.9 Å². The van der Waals surface area contributed by atoms with Crippen LogP contribution in [0, 0.1) is 10.8 Å². The highest BCUT2D eigenvalue weighted by Gasteiger charge is 2.39. The van der Waals surface area contributed by atoms with Crippen LogP contribution in [-0.2, 0) is 13.0 Å². The largest absolute Gasteiger partial charge is 0.354 e. The molecule has 0 aromatic carbocycles. The number of nitrogens with zero attached hydrogens (tertiary/aromatic N) is 2. The topological polar surface area (TPSA) is 90.1 Å². The van der Waals surface area contributed by atoms with Gasteiger partial charge in [0.2, 0.25) is 0 Å². The quantitative estimate of drug-likeness (QED) is 0.756. The Labute approximate surface area is 155 Å². The van der Waals surface area contributed by atoms with Gasteiger partial charge in [0.25, 0.3) is 5.91 Å². The molecule has 1 aliphatic carbocycles. The van der Waals surface area contributed by atoms with E-state index >= 15 is 0 Å². The average molecular weight is 361 g/mol. The maximum absolute atomic E-state index is 12.9. The summed E-state index contributed by atoms with van der Waals surface area (Å²) in [6.45, 7) is 10.2. The molecule has 3 amide bonds. The molecule has 7 nitrogen and oxygen atoms in total. The van der Waals surface area contributed by atoms with Crippen molar-refractivity contribution in [3.8, 4) is 0 Å². The zero-order valence-corrected chi connectivity index (χ0v) is 16.5. The number of hydrogen-bond acceptors (Lipinski definition) is 3. The minimum Gasteiger partial charge on any atom is -0.354 e. The number of amides is 3. The van der Waals surface area contributed by atoms with E-state index in [1.165, 1.54) is 6.42 Å². The second-order valence-corrected chi connectivity index (χ2v) is 9.34. The first-order valence-corrected chi connectivity index (χ1v) is 9.44. The van der Waals surface area contributed by atoms with Crippen LogP contribution in [0.4, 0.5) is 4.79 Å². The van der Waals surface area contributed by atoms with Crippen LogP contribution < -0.4 is 10.6 Å². The molecule has 0 spiro atoms. The Balaban J connectivity index is 1.68. The molecule has 0 radical (unpaired) electrons. The molecule has 0 atom stereocenters. The van der Waals surface area contributed by atoms with Crippen LogP contribution in [-0.4, -0.2) is 46.7 Å². The Kier molecular flexibility index (Phi) is 4.75. The highest BCUT2D eigenvalue weighted by atomic mass is 16.2. The first kappa shape index (κ1) is 18.7. The highest BCUT2D eigenvalue weighted by molar-refractivity contribution is 5.94. The van der Waals surface area contributed by atoms with E-state index in [1.807, 2.05) is 0 Å². The third-order valence-corrected chi connectivity index (χ3v) is 5.55. The molecule has 1 fully saturated rings. The molecule has 0 unspecified atom stereocenters. The van der Waals surface area contributed by atoms with Crippen molar-refractivity contribution in [2.75, 3.05) is 13.6 Å². The minimum absolute atomic E-state index is 0.0433. The van der Waals surface area contributed by atoms with Gasteiger partial charge in [-0.1, -0.05) is 27.7 Å². The third kappa shape index (κ3) is 3.86. The van der Waals surface area contributed by atoms with Crippen LogP contribution in [0.5, 0.6) is 0 Å². The number of H-pyrrole nitrogens is 1. The maximum Gasteiger partial charge on any atom is 0.317 e. The van der Waals surface area contributed by atoms with Crippen molar-refractivity contribution in [2.24, 2.45) is 10.8 Å². The predicted molar refractivity (Wildman–Crippen MR) is 99.8 cm³/mol. The normalized spacial score (nSPS) is 21.8. The van der Waals surface area contributed by atoms with Gasteiger partial charge in [-0.05, 0) is 30.1 Å². The fourth-order valence-electron chi connectivity index (χ4n) is 4.99. The van der Waals surface area contributed by atoms with Crippen molar-refractivity contribution in [3.05, 3.63) is 17.0 Å². The third-order valence-electron chi connectivity index (χ3n) is 5.55. The number of rotatable bonds is 2. The predicted octanol–water partition coefficient (Wildman–Crippen LogP) is 2.44. The summed E-state index contributed by atoms with van der Waals surface area (Å²) in [7, 11) is 1.59. The number of urea groups is 1. The molecule has 2 aliphatic rings. The Morgan fingerprint density at radius 1 is 1.19 bits per heavy atom. The summed E-state index contributed by atoms with van der Waals surface area (Å²) in [5, 5.41) is 12.9. The van der Waals surface area contributed by atoms with Gasteiger partial charge in [0.1, 0.15) is 0 Å². The SMILES string of the molecule is CNC(=O)c1n[nH]c2c1CN(C(=O)NC1CC(C)(C)CC(C)(C)C1)CC2. The number of carbonyl (C=O) groups excluding carboxylic acids is 2. The lowest BCUT2D eigenvalue weighted by atomic mass is 9.63. The van der Waals surface area contributed by atoms with E-state index in [0.717, 1.165) is 24.1 Å². The zero-order valence-electron chi connectivity index (χ0n) is 16.5. The minimum atomic E-state index is -0.222. The van der Waals surface area contributed by atoms with Gasteiger partial charge in [-0.3, -0.25) is 9.89 Å². The summed E-state index contributed by atoms with van der Waals surface area (Å²) in [6, 6.07) is 0.142. The summed E-state index contributed by atoms with van der Waals surface area (Å²) in [5.74, 6) is -0.222. The van der Waals surface area contributed by atoms with Crippen LogP contribution >= 0.6 is 0 Å². The maximum atomic E-state index is 12.9. The number of carbonyl (C=O) groups is 2. The number of fused-ring (bicyclic) bond motifs is 1. The molecule has 0 bridgehead atoms. The van der Waals surface area contributed by atoms with Gasteiger partial charge >= 0.3 is 6.03 Å². The lowest BCUT2D eigenvalue weighted by molar-refractivity contribution is 0.0842. The molecule has 1 aliphatic heterocycles. The van der Waals surface area contributed by atoms with E-state index < -0.39 is 0 Å². The fourth-order valence-corrected chi connectivity index (χ4v) is 4.99. The van der Waals surface area contributed by atoms with Crippen LogP contribution in [0.3, 0.4) is 0 Å². The van der Waals surface area contributed by atoms with E-state index in [4.69, 9.17) is 0 Å². The van der Waals surface area contributed by atoms with Gasteiger partial charge in [0.15, 0.2) is 5.69 Å². The van der Waals surface area contributed by atoms with Crippen molar-refractivity contribution < 1.29 is 9.59 Å². The molecule has 3 N–H and O–H groups in total. The molecule has 7 heteroatoms. The Morgan fingerprint density at radius 3 is 2.46 bits per heavy atom. The smallest absolute Gasteiger partial charge is 0.317 e. The second-order valence-electron chi connectivity index (χ2n) is 9.34. The van der Waals surface area contributed by atoms with Gasteiger partial charge < -0.3 is 15.5 Å². The van der Waals surface area contributed by atoms with E-state index in [9.17, 15) is 9.59 Å². The van der Waals surface area contributed by atoms with Gasteiger partial charge in [-0.15, -0.1) is 0 Å². The van der Waals surface area contributed by atoms with Crippen molar-refractivity contribution in [1.82, 2.24) is 25.7 Å². The summed E-state index contributed by atoms with van der Waals surface area (Å²) >= 11 is 0. The molecule has 2 heterocycles. The van der Waals surface area contributed by atoms with Crippen LogP contribution in [0.1, 0.15) is 68.7 Å². The molecular formula is C19H31N5O2. The first-order valence-electron chi connectivity index (χ1n) is 9.44. The van der Waals surface area contributed by atoms with Gasteiger partial charge in [-0.2, -0.15) is 5.10 Å². The van der Waals surface area contributed by atoms with Crippen LogP contribution in [0.25, 0.3) is 0 Å². The Morgan fingerprint density at radius 2 is 1.85 bits per heavy atom. The monoisotopic (exact) mass is 361 g/mol. The molecular weight excluding hydrogens is 330 g/mol. The lowest BCUT2D eigenvalue weighted by Crippen LogP contribution is -2.51.